The fraction of sp³-hybridized carbons (Fsp3) is 0.300. The van der Waals surface area contributed by atoms with E-state index in [1.54, 1.807) is 0 Å². The normalized spacial score (nSPS) is 10.0. The van der Waals surface area contributed by atoms with Gasteiger partial charge in [0.25, 0.3) is 5.91 Å². The van der Waals surface area contributed by atoms with E-state index in [2.05, 4.69) is 0 Å². The fourth-order valence-corrected chi connectivity index (χ4v) is 1.39. The number of carbonyl (C=O) groups is 1. The molecular formula is C10H13N3O4. The number of benzene rings is 1. The molecule has 92 valence electrons. The molecule has 0 aliphatic rings. The average molecular weight is 239 g/mol. The summed E-state index contributed by atoms with van der Waals surface area (Å²) >= 11 is 0. The van der Waals surface area contributed by atoms with Gasteiger partial charge in [0.2, 0.25) is 0 Å². The summed E-state index contributed by atoms with van der Waals surface area (Å²) < 4.78 is 0. The van der Waals surface area contributed by atoms with Gasteiger partial charge in [-0.05, 0) is 12.1 Å². The third kappa shape index (κ3) is 2.70. The van der Waals surface area contributed by atoms with Crippen LogP contribution in [-0.2, 0) is 0 Å². The van der Waals surface area contributed by atoms with E-state index in [1.165, 1.54) is 30.1 Å². The Bertz CT molecular complexity index is 447. The molecule has 0 radical (unpaired) electrons. The van der Waals surface area contributed by atoms with Gasteiger partial charge in [-0.25, -0.2) is 0 Å². The lowest BCUT2D eigenvalue weighted by molar-refractivity contribution is -0.384. The fourth-order valence-electron chi connectivity index (χ4n) is 1.39. The topological polar surface area (TPSA) is 110 Å². The van der Waals surface area contributed by atoms with Crippen molar-refractivity contribution in [2.75, 3.05) is 25.9 Å². The van der Waals surface area contributed by atoms with Crippen LogP contribution >= 0.6 is 0 Å². The summed E-state index contributed by atoms with van der Waals surface area (Å²) in [5, 5.41) is 19.5. The highest BCUT2D eigenvalue weighted by atomic mass is 16.6. The van der Waals surface area contributed by atoms with Crippen LogP contribution in [0.25, 0.3) is 0 Å². The number of nitro benzene ring substituents is 1. The number of nitro groups is 1. The predicted octanol–water partition coefficient (Wildman–Crippen LogP) is 0.241. The van der Waals surface area contributed by atoms with Gasteiger partial charge in [-0.3, -0.25) is 14.9 Å². The number of aliphatic hydroxyl groups is 1. The molecule has 0 fully saturated rings. The largest absolute Gasteiger partial charge is 0.395 e. The molecule has 0 bridgehead atoms. The van der Waals surface area contributed by atoms with Crippen molar-refractivity contribution in [3.63, 3.8) is 0 Å². The molecule has 3 N–H and O–H groups in total. The van der Waals surface area contributed by atoms with Crippen molar-refractivity contribution in [1.82, 2.24) is 4.90 Å². The van der Waals surface area contributed by atoms with Crippen molar-refractivity contribution >= 4 is 17.3 Å². The van der Waals surface area contributed by atoms with E-state index in [0.717, 1.165) is 0 Å². The summed E-state index contributed by atoms with van der Waals surface area (Å²) in [5.41, 5.74) is 4.94. The van der Waals surface area contributed by atoms with Crippen LogP contribution in [0.3, 0.4) is 0 Å². The number of amides is 1. The number of likely N-dealkylation sites (N-methyl/N-ethyl adjacent to an activating group) is 1. The number of rotatable bonds is 4. The van der Waals surface area contributed by atoms with E-state index in [4.69, 9.17) is 10.8 Å². The smallest absolute Gasteiger partial charge is 0.304 e. The van der Waals surface area contributed by atoms with Crippen LogP contribution in [0, 0.1) is 10.1 Å². The number of nitrogens with zero attached hydrogens (tertiary/aromatic N) is 2. The molecule has 0 atom stereocenters. The van der Waals surface area contributed by atoms with Gasteiger partial charge in [0.1, 0.15) is 11.3 Å². The summed E-state index contributed by atoms with van der Waals surface area (Å²) in [6.45, 7) is -0.108. The number of hydrogen-bond acceptors (Lipinski definition) is 5. The number of carbonyl (C=O) groups excluding carboxylic acids is 1. The van der Waals surface area contributed by atoms with E-state index in [-0.39, 0.29) is 24.4 Å². The Morgan fingerprint density at radius 2 is 2.24 bits per heavy atom. The number of anilines is 1. The van der Waals surface area contributed by atoms with Gasteiger partial charge in [0.15, 0.2) is 0 Å². The third-order valence-electron chi connectivity index (χ3n) is 2.26. The molecule has 1 rings (SSSR count). The quantitative estimate of drug-likeness (QED) is 0.444. The van der Waals surface area contributed by atoms with Crippen molar-refractivity contribution in [2.24, 2.45) is 0 Å². The van der Waals surface area contributed by atoms with E-state index >= 15 is 0 Å². The van der Waals surface area contributed by atoms with Gasteiger partial charge >= 0.3 is 5.69 Å². The second kappa shape index (κ2) is 5.26. The van der Waals surface area contributed by atoms with E-state index in [1.807, 2.05) is 0 Å². The van der Waals surface area contributed by atoms with E-state index < -0.39 is 16.5 Å². The summed E-state index contributed by atoms with van der Waals surface area (Å²) in [4.78, 5) is 23.2. The van der Waals surface area contributed by atoms with Crippen LogP contribution in [0.4, 0.5) is 11.4 Å². The Morgan fingerprint density at radius 1 is 1.59 bits per heavy atom. The lowest BCUT2D eigenvalue weighted by Crippen LogP contribution is -2.30. The summed E-state index contributed by atoms with van der Waals surface area (Å²) in [7, 11) is 1.45. The molecule has 0 aliphatic heterocycles. The zero-order valence-electron chi connectivity index (χ0n) is 9.29. The van der Waals surface area contributed by atoms with Gasteiger partial charge in [-0.2, -0.15) is 0 Å². The van der Waals surface area contributed by atoms with Crippen molar-refractivity contribution < 1.29 is 14.8 Å². The molecule has 0 aliphatic carbocycles. The molecule has 1 aromatic rings. The van der Waals surface area contributed by atoms with Gasteiger partial charge in [-0.1, -0.05) is 6.07 Å². The van der Waals surface area contributed by atoms with Crippen LogP contribution < -0.4 is 5.73 Å². The van der Waals surface area contributed by atoms with Gasteiger partial charge in [0.05, 0.1) is 11.5 Å². The van der Waals surface area contributed by atoms with Crippen LogP contribution in [0.5, 0.6) is 0 Å². The first-order valence-corrected chi connectivity index (χ1v) is 4.88. The highest BCUT2D eigenvalue weighted by molar-refractivity contribution is 6.00. The number of para-hydroxylation sites is 1. The first-order valence-electron chi connectivity index (χ1n) is 4.88. The van der Waals surface area contributed by atoms with Gasteiger partial charge < -0.3 is 15.7 Å². The number of aliphatic hydroxyl groups excluding tert-OH is 1. The minimum absolute atomic E-state index is 0.0572. The van der Waals surface area contributed by atoms with Crippen LogP contribution in [-0.4, -0.2) is 41.0 Å². The van der Waals surface area contributed by atoms with Crippen molar-refractivity contribution in [1.29, 1.82) is 0 Å². The van der Waals surface area contributed by atoms with Crippen molar-refractivity contribution in [2.45, 2.75) is 0 Å². The third-order valence-corrected chi connectivity index (χ3v) is 2.26. The highest BCUT2D eigenvalue weighted by Crippen LogP contribution is 2.26. The molecule has 0 saturated carbocycles. The van der Waals surface area contributed by atoms with Crippen molar-refractivity contribution in [3.8, 4) is 0 Å². The Balaban J connectivity index is 3.18. The maximum absolute atomic E-state index is 11.9. The molecule has 1 aromatic carbocycles. The van der Waals surface area contributed by atoms with E-state index in [0.29, 0.717) is 0 Å². The molecule has 0 saturated heterocycles. The first kappa shape index (κ1) is 12.9. The average Bonchev–Trinajstić information content (AvgIpc) is 2.27. The van der Waals surface area contributed by atoms with Crippen LogP contribution in [0.2, 0.25) is 0 Å². The molecule has 0 unspecified atom stereocenters. The number of hydrogen-bond donors (Lipinski definition) is 2. The minimum Gasteiger partial charge on any atom is -0.395 e. The van der Waals surface area contributed by atoms with Crippen molar-refractivity contribution in [3.05, 3.63) is 33.9 Å². The monoisotopic (exact) mass is 239 g/mol. The summed E-state index contributed by atoms with van der Waals surface area (Å²) in [6, 6.07) is 4.17. The molecule has 7 heteroatoms. The lowest BCUT2D eigenvalue weighted by Gasteiger charge is -2.15. The zero-order valence-corrected chi connectivity index (χ0v) is 9.29. The highest BCUT2D eigenvalue weighted by Gasteiger charge is 2.24. The predicted molar refractivity (Wildman–Crippen MR) is 61.6 cm³/mol. The molecule has 7 nitrogen and oxygen atoms in total. The molecule has 17 heavy (non-hydrogen) atoms. The Morgan fingerprint density at radius 3 is 2.76 bits per heavy atom. The maximum Gasteiger partial charge on any atom is 0.304 e. The standard InChI is InChI=1S/C10H13N3O4/c1-12(5-6-14)10(15)7-3-2-4-8(11)9(7)13(16)17/h2-4,14H,5-6,11H2,1H3. The first-order chi connectivity index (χ1) is 7.99. The van der Waals surface area contributed by atoms with Gasteiger partial charge in [0, 0.05) is 13.6 Å². The van der Waals surface area contributed by atoms with Gasteiger partial charge in [-0.15, -0.1) is 0 Å². The minimum atomic E-state index is -0.685. The molecule has 0 aromatic heterocycles. The Kier molecular flexibility index (Phi) is 4.00. The summed E-state index contributed by atoms with van der Waals surface area (Å²) in [6.07, 6.45) is 0. The maximum atomic E-state index is 11.9. The second-order valence-electron chi connectivity index (χ2n) is 3.45. The number of nitrogen functional groups attached to an aromatic ring is 1. The SMILES string of the molecule is CN(CCO)C(=O)c1cccc(N)c1[N+](=O)[O-]. The van der Waals surface area contributed by atoms with E-state index in [9.17, 15) is 14.9 Å². The Labute approximate surface area is 97.6 Å². The summed E-state index contributed by atoms with van der Waals surface area (Å²) in [5.74, 6) is -0.543. The second-order valence-corrected chi connectivity index (χ2v) is 3.45. The molecule has 0 spiro atoms. The zero-order chi connectivity index (χ0) is 13.0. The molecule has 0 heterocycles. The molecular weight excluding hydrogens is 226 g/mol. The van der Waals surface area contributed by atoms with Crippen LogP contribution in [0.1, 0.15) is 10.4 Å². The number of nitrogens with two attached hydrogens (primary N) is 1. The van der Waals surface area contributed by atoms with Crippen LogP contribution in [0.15, 0.2) is 18.2 Å². The molecule has 1 amide bonds. The lowest BCUT2D eigenvalue weighted by atomic mass is 10.1. The Hall–Kier alpha value is -2.15.